The number of likely N-dealkylation sites (N-methyl/N-ethyl adjacent to an activating group) is 2. The Balaban J connectivity index is 1.60. The Hall–Kier alpha value is -5.01. The van der Waals surface area contributed by atoms with Gasteiger partial charge in [0.15, 0.2) is 0 Å². The molecule has 4 aromatic rings. The van der Waals surface area contributed by atoms with E-state index >= 15 is 0 Å². The van der Waals surface area contributed by atoms with Gasteiger partial charge in [-0.25, -0.2) is 0 Å². The maximum Gasteiger partial charge on any atom is 0.246 e. The minimum Gasteiger partial charge on any atom is -0.354 e. The average Bonchev–Trinajstić information content (AvgIpc) is 3.16. The Morgan fingerprint density at radius 2 is 1.18 bits per heavy atom. The number of carbonyl (C=O) groups is 3. The molecular formula is C43H52N4O3. The van der Waals surface area contributed by atoms with Gasteiger partial charge in [0.05, 0.1) is 0 Å². The number of nitrogens with two attached hydrogens (primary N) is 1. The molecule has 4 rings (SSSR count). The molecule has 3 N–H and O–H groups in total. The molecule has 0 aliphatic carbocycles. The molecule has 262 valence electrons. The predicted octanol–water partition coefficient (Wildman–Crippen LogP) is 6.62. The van der Waals surface area contributed by atoms with Gasteiger partial charge in [-0.2, -0.15) is 0 Å². The average molecular weight is 673 g/mol. The van der Waals surface area contributed by atoms with Crippen molar-refractivity contribution in [2.45, 2.75) is 70.0 Å². The van der Waals surface area contributed by atoms with E-state index in [2.05, 4.69) is 17.4 Å². The topological polar surface area (TPSA) is 95.7 Å². The number of benzene rings is 4. The number of carbonyl (C=O) groups excluding carboxylic acids is 3. The van der Waals surface area contributed by atoms with Crippen molar-refractivity contribution in [3.8, 4) is 11.1 Å². The van der Waals surface area contributed by atoms with Gasteiger partial charge in [0, 0.05) is 39.0 Å². The highest BCUT2D eigenvalue weighted by Gasteiger charge is 2.35. The monoisotopic (exact) mass is 672 g/mol. The number of amides is 3. The predicted molar refractivity (Wildman–Crippen MR) is 203 cm³/mol. The van der Waals surface area contributed by atoms with Crippen LogP contribution in [-0.4, -0.2) is 65.8 Å². The molecule has 0 aliphatic heterocycles. The van der Waals surface area contributed by atoms with Gasteiger partial charge in [0.1, 0.15) is 12.1 Å². The maximum atomic E-state index is 14.5. The maximum absolute atomic E-state index is 14.5. The zero-order valence-electron chi connectivity index (χ0n) is 29.9. The van der Waals surface area contributed by atoms with Crippen LogP contribution in [0.4, 0.5) is 0 Å². The van der Waals surface area contributed by atoms with Crippen molar-refractivity contribution in [1.82, 2.24) is 15.1 Å². The third-order valence-corrected chi connectivity index (χ3v) is 9.73. The van der Waals surface area contributed by atoms with E-state index in [1.165, 1.54) is 15.9 Å². The quantitative estimate of drug-likeness (QED) is 0.123. The first-order valence-electron chi connectivity index (χ1n) is 17.6. The summed E-state index contributed by atoms with van der Waals surface area (Å²) in [7, 11) is 3.32. The van der Waals surface area contributed by atoms with Crippen LogP contribution < -0.4 is 11.1 Å². The second kappa shape index (κ2) is 18.7. The standard InChI is InChI=1S/C43H52N4O3/c1-5-43(44,6-2)29-16-23-40(48)46(3)39(32-35-24-26-37(27-25-35)36-21-14-9-15-22-36)42(50)47(4)38(31-34-19-12-8-13-20-34)41(49)45-30-28-33-17-10-7-11-18-33/h7-27,38-39H,5-6,28-32,44H2,1-4H3,(H,45,49)/b23-16+/t38-,39-/m1/s1. The van der Waals surface area contributed by atoms with Crippen molar-refractivity contribution in [3.63, 3.8) is 0 Å². The molecule has 0 saturated heterocycles. The van der Waals surface area contributed by atoms with Crippen LogP contribution in [-0.2, 0) is 33.6 Å². The molecule has 0 unspecified atom stereocenters. The van der Waals surface area contributed by atoms with Gasteiger partial charge in [-0.1, -0.05) is 135 Å². The fraction of sp³-hybridized carbons (Fsp3) is 0.326. The van der Waals surface area contributed by atoms with Crippen LogP contribution in [0.5, 0.6) is 0 Å². The van der Waals surface area contributed by atoms with Crippen LogP contribution in [0.3, 0.4) is 0 Å². The summed E-state index contributed by atoms with van der Waals surface area (Å²) in [6.45, 7) is 4.53. The molecule has 0 fully saturated rings. The lowest BCUT2D eigenvalue weighted by molar-refractivity contribution is -0.146. The van der Waals surface area contributed by atoms with Crippen molar-refractivity contribution in [2.24, 2.45) is 5.73 Å². The van der Waals surface area contributed by atoms with Gasteiger partial charge in [-0.15, -0.1) is 0 Å². The lowest BCUT2D eigenvalue weighted by Crippen LogP contribution is -2.56. The van der Waals surface area contributed by atoms with E-state index in [1.807, 2.05) is 123 Å². The third kappa shape index (κ3) is 10.7. The van der Waals surface area contributed by atoms with Gasteiger partial charge < -0.3 is 20.9 Å². The van der Waals surface area contributed by atoms with Gasteiger partial charge in [0.25, 0.3) is 0 Å². The second-order valence-electron chi connectivity index (χ2n) is 13.1. The molecule has 0 aromatic heterocycles. The Bertz CT molecular complexity index is 1670. The summed E-state index contributed by atoms with van der Waals surface area (Å²) in [4.78, 5) is 45.0. The SMILES string of the molecule is CCC(N)(CC)C/C=C/C(=O)N(C)[C@H](Cc1ccc(-c2ccccc2)cc1)C(=O)N(C)[C@H](Cc1ccccc1)C(=O)NCCc1ccccc1. The molecule has 7 heteroatoms. The Morgan fingerprint density at radius 1 is 0.680 bits per heavy atom. The fourth-order valence-electron chi connectivity index (χ4n) is 6.01. The molecule has 50 heavy (non-hydrogen) atoms. The van der Waals surface area contributed by atoms with Crippen LogP contribution in [0.2, 0.25) is 0 Å². The molecule has 3 amide bonds. The fourth-order valence-corrected chi connectivity index (χ4v) is 6.01. The van der Waals surface area contributed by atoms with Gasteiger partial charge in [-0.3, -0.25) is 14.4 Å². The minimum absolute atomic E-state index is 0.237. The highest BCUT2D eigenvalue weighted by Crippen LogP contribution is 2.22. The molecule has 0 bridgehead atoms. The summed E-state index contributed by atoms with van der Waals surface area (Å²) >= 11 is 0. The molecular weight excluding hydrogens is 620 g/mol. The summed E-state index contributed by atoms with van der Waals surface area (Å²) in [6, 6.07) is 36.2. The number of hydrogen-bond acceptors (Lipinski definition) is 4. The number of nitrogens with zero attached hydrogens (tertiary/aromatic N) is 2. The largest absolute Gasteiger partial charge is 0.354 e. The lowest BCUT2D eigenvalue weighted by Gasteiger charge is -2.34. The van der Waals surface area contributed by atoms with E-state index in [-0.39, 0.29) is 29.7 Å². The summed E-state index contributed by atoms with van der Waals surface area (Å²) in [6.07, 6.45) is 6.76. The number of rotatable bonds is 17. The summed E-state index contributed by atoms with van der Waals surface area (Å²) in [5.41, 5.74) is 11.2. The Morgan fingerprint density at radius 3 is 1.76 bits per heavy atom. The van der Waals surface area contributed by atoms with Crippen molar-refractivity contribution in [3.05, 3.63) is 144 Å². The molecule has 4 aromatic carbocycles. The first kappa shape index (κ1) is 37.8. The van der Waals surface area contributed by atoms with Crippen LogP contribution in [0.1, 0.15) is 49.8 Å². The van der Waals surface area contributed by atoms with Crippen LogP contribution in [0.25, 0.3) is 11.1 Å². The van der Waals surface area contributed by atoms with E-state index in [0.29, 0.717) is 25.8 Å². The second-order valence-corrected chi connectivity index (χ2v) is 13.1. The summed E-state index contributed by atoms with van der Waals surface area (Å²) < 4.78 is 0. The van der Waals surface area contributed by atoms with Crippen molar-refractivity contribution in [1.29, 1.82) is 0 Å². The first-order valence-corrected chi connectivity index (χ1v) is 17.6. The zero-order valence-corrected chi connectivity index (χ0v) is 29.9. The summed E-state index contributed by atoms with van der Waals surface area (Å²) in [5, 5.41) is 3.07. The Labute approximate surface area is 298 Å². The highest BCUT2D eigenvalue weighted by atomic mass is 16.2. The molecule has 2 atom stereocenters. The highest BCUT2D eigenvalue weighted by molar-refractivity contribution is 5.95. The number of nitrogens with one attached hydrogen (secondary N) is 1. The van der Waals surface area contributed by atoms with Crippen molar-refractivity contribution in [2.75, 3.05) is 20.6 Å². The normalized spacial score (nSPS) is 12.7. The van der Waals surface area contributed by atoms with Gasteiger partial charge in [-0.05, 0) is 59.6 Å². The zero-order chi connectivity index (χ0) is 35.9. The molecule has 0 spiro atoms. The van der Waals surface area contributed by atoms with E-state index in [1.54, 1.807) is 14.1 Å². The smallest absolute Gasteiger partial charge is 0.246 e. The lowest BCUT2D eigenvalue weighted by atomic mass is 9.90. The molecule has 7 nitrogen and oxygen atoms in total. The molecule has 0 radical (unpaired) electrons. The molecule has 0 saturated carbocycles. The third-order valence-electron chi connectivity index (χ3n) is 9.73. The van der Waals surface area contributed by atoms with Crippen LogP contribution in [0, 0.1) is 0 Å². The van der Waals surface area contributed by atoms with E-state index < -0.39 is 12.1 Å². The van der Waals surface area contributed by atoms with Crippen LogP contribution in [0.15, 0.2) is 127 Å². The Kier molecular flexibility index (Phi) is 14.1. The van der Waals surface area contributed by atoms with Crippen molar-refractivity contribution < 1.29 is 14.4 Å². The van der Waals surface area contributed by atoms with Gasteiger partial charge in [0.2, 0.25) is 17.7 Å². The summed E-state index contributed by atoms with van der Waals surface area (Å²) in [5.74, 6) is -0.839. The van der Waals surface area contributed by atoms with E-state index in [9.17, 15) is 14.4 Å². The van der Waals surface area contributed by atoms with E-state index in [4.69, 9.17) is 5.73 Å². The molecule has 0 aliphatic rings. The van der Waals surface area contributed by atoms with Gasteiger partial charge >= 0.3 is 0 Å². The molecule has 0 heterocycles. The van der Waals surface area contributed by atoms with E-state index in [0.717, 1.165) is 40.7 Å². The van der Waals surface area contributed by atoms with Crippen molar-refractivity contribution >= 4 is 17.7 Å². The minimum atomic E-state index is -0.852. The number of hydrogen-bond donors (Lipinski definition) is 2. The first-order chi connectivity index (χ1) is 24.1. The van der Waals surface area contributed by atoms with Crippen LogP contribution >= 0.6 is 0 Å².